The molecule has 0 saturated heterocycles. The minimum atomic E-state index is 0.200. The highest BCUT2D eigenvalue weighted by Gasteiger charge is 2.41. The summed E-state index contributed by atoms with van der Waals surface area (Å²) in [6.07, 6.45) is 8.69. The molecule has 1 aromatic heterocycles. The van der Waals surface area contributed by atoms with E-state index in [0.29, 0.717) is 6.04 Å². The molecule has 1 unspecified atom stereocenters. The Bertz CT molecular complexity index is 420. The average molecular weight is 294 g/mol. The third kappa shape index (κ3) is 3.80. The van der Waals surface area contributed by atoms with E-state index < -0.39 is 0 Å². The van der Waals surface area contributed by atoms with Crippen molar-refractivity contribution in [3.8, 4) is 0 Å². The molecule has 1 aliphatic rings. The lowest BCUT2D eigenvalue weighted by Gasteiger charge is -2.46. The van der Waals surface area contributed by atoms with Gasteiger partial charge in [0.05, 0.1) is 7.05 Å². The Morgan fingerprint density at radius 2 is 1.90 bits per heavy atom. The first-order chi connectivity index (χ1) is 10.1. The Labute approximate surface area is 128 Å². The van der Waals surface area contributed by atoms with Crippen LogP contribution in [0.3, 0.4) is 0 Å². The zero-order chi connectivity index (χ0) is 15.3. The highest BCUT2D eigenvalue weighted by molar-refractivity contribution is 5.03. The molecule has 0 aliphatic heterocycles. The van der Waals surface area contributed by atoms with Gasteiger partial charge < -0.3 is 10.2 Å². The second-order valence-corrected chi connectivity index (χ2v) is 6.42. The Balaban J connectivity index is 2.22. The molecule has 21 heavy (non-hydrogen) atoms. The van der Waals surface area contributed by atoms with Gasteiger partial charge >= 0.3 is 0 Å². The standard InChI is InChI=1S/C15H30N6/c1-5-16-13(12-14-17-19-21(4)18-14)15(20(2)3)10-8-6-7-9-11-15/h13,16H,5-12H2,1-4H3. The fourth-order valence-corrected chi connectivity index (χ4v) is 3.73. The van der Waals surface area contributed by atoms with Gasteiger partial charge in [0.15, 0.2) is 5.82 Å². The summed E-state index contributed by atoms with van der Waals surface area (Å²) in [4.78, 5) is 3.98. The first-order valence-corrected chi connectivity index (χ1v) is 8.22. The molecule has 1 heterocycles. The molecule has 1 aromatic rings. The molecule has 1 atom stereocenters. The molecule has 0 amide bonds. The Kier molecular flexibility index (Phi) is 5.70. The summed E-state index contributed by atoms with van der Waals surface area (Å²) < 4.78 is 0. The van der Waals surface area contributed by atoms with Crippen molar-refractivity contribution in [2.24, 2.45) is 7.05 Å². The number of rotatable bonds is 6. The van der Waals surface area contributed by atoms with Gasteiger partial charge in [-0.25, -0.2) is 0 Å². The highest BCUT2D eigenvalue weighted by Crippen LogP contribution is 2.35. The van der Waals surface area contributed by atoms with Crippen molar-refractivity contribution in [1.29, 1.82) is 0 Å². The van der Waals surface area contributed by atoms with Crippen molar-refractivity contribution < 1.29 is 0 Å². The predicted octanol–water partition coefficient (Wildman–Crippen LogP) is 1.39. The van der Waals surface area contributed by atoms with Gasteiger partial charge in [0.25, 0.3) is 0 Å². The minimum absolute atomic E-state index is 0.200. The SMILES string of the molecule is CCNC(Cc1nnn(C)n1)C1(N(C)C)CCCCCC1. The molecule has 0 spiro atoms. The number of tetrazole rings is 1. The van der Waals surface area contributed by atoms with Crippen LogP contribution in [-0.2, 0) is 13.5 Å². The number of aromatic nitrogens is 4. The second-order valence-electron chi connectivity index (χ2n) is 6.42. The van der Waals surface area contributed by atoms with E-state index in [1.54, 1.807) is 4.80 Å². The van der Waals surface area contributed by atoms with Crippen molar-refractivity contribution in [2.75, 3.05) is 20.6 Å². The molecule has 0 bridgehead atoms. The van der Waals surface area contributed by atoms with Crippen LogP contribution in [0.5, 0.6) is 0 Å². The van der Waals surface area contributed by atoms with Crippen LogP contribution in [0.15, 0.2) is 0 Å². The zero-order valence-electron chi connectivity index (χ0n) is 14.0. The maximum Gasteiger partial charge on any atom is 0.176 e. The van der Waals surface area contributed by atoms with Crippen molar-refractivity contribution in [2.45, 2.75) is 63.5 Å². The lowest BCUT2D eigenvalue weighted by Crippen LogP contribution is -2.59. The first-order valence-electron chi connectivity index (χ1n) is 8.22. The topological polar surface area (TPSA) is 58.9 Å². The molecule has 1 N–H and O–H groups in total. The third-order valence-corrected chi connectivity index (χ3v) is 4.90. The van der Waals surface area contributed by atoms with Crippen molar-refractivity contribution in [3.05, 3.63) is 5.82 Å². The molecular weight excluding hydrogens is 264 g/mol. The van der Waals surface area contributed by atoms with E-state index in [9.17, 15) is 0 Å². The molecule has 0 radical (unpaired) electrons. The fraction of sp³-hybridized carbons (Fsp3) is 0.933. The maximum absolute atomic E-state index is 4.38. The normalized spacial score (nSPS) is 20.4. The number of nitrogens with zero attached hydrogens (tertiary/aromatic N) is 5. The molecule has 1 saturated carbocycles. The summed E-state index contributed by atoms with van der Waals surface area (Å²) >= 11 is 0. The van der Waals surface area contributed by atoms with E-state index in [2.05, 4.69) is 46.6 Å². The van der Waals surface area contributed by atoms with E-state index in [0.717, 1.165) is 18.8 Å². The van der Waals surface area contributed by atoms with Crippen LogP contribution >= 0.6 is 0 Å². The van der Waals surface area contributed by atoms with E-state index >= 15 is 0 Å². The molecule has 6 nitrogen and oxygen atoms in total. The Morgan fingerprint density at radius 1 is 1.24 bits per heavy atom. The van der Waals surface area contributed by atoms with Crippen molar-refractivity contribution >= 4 is 0 Å². The van der Waals surface area contributed by atoms with E-state index in [4.69, 9.17) is 0 Å². The quantitative estimate of drug-likeness (QED) is 0.803. The van der Waals surface area contributed by atoms with E-state index in [1.807, 2.05) is 7.05 Å². The summed E-state index contributed by atoms with van der Waals surface area (Å²) in [7, 11) is 6.27. The Hall–Kier alpha value is -1.01. The van der Waals surface area contributed by atoms with E-state index in [-0.39, 0.29) is 5.54 Å². The third-order valence-electron chi connectivity index (χ3n) is 4.90. The summed E-state index contributed by atoms with van der Waals surface area (Å²) in [6.45, 7) is 3.15. The summed E-state index contributed by atoms with van der Waals surface area (Å²) in [5.41, 5.74) is 0.200. The van der Waals surface area contributed by atoms with Crippen LogP contribution in [0.1, 0.15) is 51.3 Å². The summed E-state index contributed by atoms with van der Waals surface area (Å²) in [6, 6.07) is 0.375. The fourth-order valence-electron chi connectivity index (χ4n) is 3.73. The van der Waals surface area contributed by atoms with E-state index in [1.165, 1.54) is 38.5 Å². The predicted molar refractivity (Wildman–Crippen MR) is 84.1 cm³/mol. The molecule has 2 rings (SSSR count). The second kappa shape index (κ2) is 7.31. The van der Waals surface area contributed by atoms with Crippen LogP contribution in [-0.4, -0.2) is 57.3 Å². The van der Waals surface area contributed by atoms with Crippen LogP contribution in [0.2, 0.25) is 0 Å². The van der Waals surface area contributed by atoms with Crippen molar-refractivity contribution in [1.82, 2.24) is 30.4 Å². The number of hydrogen-bond donors (Lipinski definition) is 1. The maximum atomic E-state index is 4.38. The van der Waals surface area contributed by atoms with Gasteiger partial charge in [-0.2, -0.15) is 4.80 Å². The van der Waals surface area contributed by atoms with Crippen molar-refractivity contribution in [3.63, 3.8) is 0 Å². The van der Waals surface area contributed by atoms with Gasteiger partial charge in [0.1, 0.15) is 0 Å². The summed E-state index contributed by atoms with van der Waals surface area (Å²) in [5.74, 6) is 0.842. The van der Waals surface area contributed by atoms with Gasteiger partial charge in [0, 0.05) is 18.0 Å². The van der Waals surface area contributed by atoms with Crippen LogP contribution in [0, 0.1) is 0 Å². The smallest absolute Gasteiger partial charge is 0.176 e. The lowest BCUT2D eigenvalue weighted by molar-refractivity contribution is 0.0799. The molecule has 6 heteroatoms. The molecular formula is C15H30N6. The monoisotopic (exact) mass is 294 g/mol. The van der Waals surface area contributed by atoms with Gasteiger partial charge in [-0.1, -0.05) is 32.6 Å². The van der Waals surface area contributed by atoms with Gasteiger partial charge in [0.2, 0.25) is 0 Å². The zero-order valence-corrected chi connectivity index (χ0v) is 14.0. The molecule has 120 valence electrons. The number of nitrogens with one attached hydrogen (secondary N) is 1. The molecule has 0 aromatic carbocycles. The van der Waals surface area contributed by atoms with Gasteiger partial charge in [-0.3, -0.25) is 0 Å². The molecule has 1 aliphatic carbocycles. The minimum Gasteiger partial charge on any atom is -0.312 e. The number of likely N-dealkylation sites (N-methyl/N-ethyl adjacent to an activating group) is 2. The Morgan fingerprint density at radius 3 is 2.38 bits per heavy atom. The lowest BCUT2D eigenvalue weighted by atomic mass is 9.79. The largest absolute Gasteiger partial charge is 0.312 e. The van der Waals surface area contributed by atoms with Gasteiger partial charge in [-0.15, -0.1) is 10.2 Å². The van der Waals surface area contributed by atoms with Crippen LogP contribution in [0.25, 0.3) is 0 Å². The highest BCUT2D eigenvalue weighted by atomic mass is 15.6. The number of hydrogen-bond acceptors (Lipinski definition) is 5. The number of aryl methyl sites for hydroxylation is 1. The van der Waals surface area contributed by atoms with Crippen LogP contribution in [0.4, 0.5) is 0 Å². The average Bonchev–Trinajstić information content (AvgIpc) is 2.72. The molecule has 1 fully saturated rings. The van der Waals surface area contributed by atoms with Gasteiger partial charge in [-0.05, 0) is 38.7 Å². The summed E-state index contributed by atoms with van der Waals surface area (Å²) in [5, 5.41) is 16.2. The van der Waals surface area contributed by atoms with Crippen LogP contribution < -0.4 is 5.32 Å². The first kappa shape index (κ1) is 16.4.